The number of ether oxygens (including phenoxy) is 8. The maximum Gasteiger partial charge on any atom is 0.344 e. The number of aromatic nitrogens is 6. The van der Waals surface area contributed by atoms with Gasteiger partial charge in [-0.3, -0.25) is 19.2 Å². The van der Waals surface area contributed by atoms with E-state index < -0.39 is 76.9 Å². The molecule has 31 heteroatoms. The van der Waals surface area contributed by atoms with Gasteiger partial charge in [0.25, 0.3) is 0 Å². The van der Waals surface area contributed by atoms with E-state index in [0.717, 1.165) is 60.3 Å². The number of amides is 2. The summed E-state index contributed by atoms with van der Waals surface area (Å²) in [7, 11) is 0. The quantitative estimate of drug-likeness (QED) is 0.00831. The highest BCUT2D eigenvalue weighted by Crippen LogP contribution is 2.37. The van der Waals surface area contributed by atoms with Gasteiger partial charge in [0.05, 0.1) is 52.9 Å². The number of nitrogens with one attached hydrogen (secondary N) is 9. The van der Waals surface area contributed by atoms with Crippen LogP contribution in [0.25, 0.3) is 65.4 Å². The maximum absolute atomic E-state index is 12.7. The van der Waals surface area contributed by atoms with Crippen molar-refractivity contribution in [2.45, 2.75) is 169 Å². The maximum atomic E-state index is 12.7. The number of esters is 8. The molecule has 0 aliphatic heterocycles. The minimum absolute atomic E-state index is 0. The lowest BCUT2D eigenvalue weighted by molar-refractivity contribution is -0.169. The number of rotatable bonds is 31. The Hall–Kier alpha value is -12.6. The highest BCUT2D eigenvalue weighted by molar-refractivity contribution is 6.09. The fourth-order valence-electron chi connectivity index (χ4n) is 13.6. The first-order chi connectivity index (χ1) is 58.6. The van der Waals surface area contributed by atoms with Gasteiger partial charge in [-0.25, -0.2) is 28.8 Å². The molecule has 0 aliphatic carbocycles. The SMILES string of the molecule is CC(C)NC(C)c1c[nH]c2ccccc12.CCOC(=O)C(N)(C(=O)OCC)C(C)c1c[nH]c2ccccc12.CCOC(=O)C(N)[C@@H](C)c1c[nH]c2ccccc12.CCOC(=O)C(N)[C@H](C)c1c[nH]c2ccccc12.CCOC(=O)C(NC=O)(C(=O)OCC)C(C)c1c[nH]c2ccccc12.CCOC(=O)C(NC=O)C(=O)OCC.Cl.c1ccc2[nH]ccc2c1. The molecular formula is C92H119ClN12O18. The van der Waals surface area contributed by atoms with Crippen molar-refractivity contribution in [1.82, 2.24) is 45.9 Å². The fraction of sp³-hybridized carbons (Fsp3) is 0.370. The molecule has 2 amide bonds. The van der Waals surface area contributed by atoms with Crippen LogP contribution in [0.1, 0.15) is 161 Å². The summed E-state index contributed by atoms with van der Waals surface area (Å²) in [5.74, 6) is -7.10. The summed E-state index contributed by atoms with van der Waals surface area (Å²) in [6.07, 6.45) is 11.9. The largest absolute Gasteiger partial charge is 0.465 e. The van der Waals surface area contributed by atoms with Gasteiger partial charge in [-0.1, -0.05) is 151 Å². The molecule has 5 unspecified atom stereocenters. The third-order valence-electron chi connectivity index (χ3n) is 20.0. The summed E-state index contributed by atoms with van der Waals surface area (Å²) in [4.78, 5) is 136. The standard InChI is InChI=1S/C18H22N2O5.C17H22N2O4.2C14H18N2O2.C13H18N2.C8H13NO5.C8H7N.ClH/c1-4-24-16(22)18(20-11-21,17(23)25-5-2)12(3)14-10-19-15-9-7-6-8-13(14)15;1-4-22-15(20)17(18,16(21)23-5-2)11(3)13-10-19-14-9-7-6-8-12(13)14;2*1-3-18-14(17)13(15)9(2)11-8-16-12-7-5-4-6-10(11)12;1-9(2)15-10(3)12-8-14-13-7-5-4-6-11(12)13;1-3-13-7(11)6(9-5-10)8(12)14-4-2;1-2-4-8-7(3-1)5-6-9-8;/h6-12,19H,4-5H2,1-3H3,(H,20,21);6-11,19H,4-5,18H2,1-3H3;2*4-9,13,16H,3,15H2,1-2H3;4-10,14-15H,1-3H3;5-6H,3-4H2,1-2H3,(H,9,10);1-6,9H;1H/t;;2*9-,13?;;;;/m..10..../s1. The summed E-state index contributed by atoms with van der Waals surface area (Å²) in [5.41, 5.74) is 25.4. The van der Waals surface area contributed by atoms with Crippen LogP contribution in [0.4, 0.5) is 0 Å². The van der Waals surface area contributed by atoms with Gasteiger partial charge in [-0.15, -0.1) is 12.4 Å². The molecule has 0 saturated carbocycles. The average Bonchev–Trinajstić information content (AvgIpc) is 1.74. The van der Waals surface area contributed by atoms with Crippen LogP contribution < -0.4 is 33.2 Å². The fourth-order valence-corrected chi connectivity index (χ4v) is 13.6. The minimum Gasteiger partial charge on any atom is -0.465 e. The van der Waals surface area contributed by atoms with E-state index in [1.54, 1.807) is 81.6 Å². The Kier molecular flexibility index (Phi) is 41.5. The normalized spacial score (nSPS) is 12.6. The summed E-state index contributed by atoms with van der Waals surface area (Å²) < 4.78 is 39.3. The molecule has 0 saturated heterocycles. The van der Waals surface area contributed by atoms with Crippen LogP contribution in [-0.4, -0.2) is 179 Å². The van der Waals surface area contributed by atoms with Crippen molar-refractivity contribution in [2.24, 2.45) is 17.2 Å². The van der Waals surface area contributed by atoms with E-state index in [9.17, 15) is 47.9 Å². The first kappa shape index (κ1) is 101. The molecule has 30 nitrogen and oxygen atoms in total. The zero-order valence-corrected chi connectivity index (χ0v) is 73.2. The second-order valence-electron chi connectivity index (χ2n) is 28.2. The molecule has 12 rings (SSSR count). The van der Waals surface area contributed by atoms with Crippen molar-refractivity contribution < 1.29 is 85.8 Å². The number of aromatic amines is 6. The Morgan fingerprint density at radius 1 is 0.366 bits per heavy atom. The second-order valence-corrected chi connectivity index (χ2v) is 28.2. The van der Waals surface area contributed by atoms with Gasteiger partial charge in [-0.05, 0) is 138 Å². The van der Waals surface area contributed by atoms with Crippen molar-refractivity contribution in [1.29, 1.82) is 0 Å². The number of H-pyrrole nitrogens is 6. The Bertz CT molecular complexity index is 5150. The number of para-hydroxylation sites is 6. The van der Waals surface area contributed by atoms with Gasteiger partial charge >= 0.3 is 47.8 Å². The molecule has 6 heterocycles. The molecule has 6 aromatic heterocycles. The van der Waals surface area contributed by atoms with E-state index in [2.05, 4.69) is 119 Å². The summed E-state index contributed by atoms with van der Waals surface area (Å²) in [6, 6.07) is 48.0. The van der Waals surface area contributed by atoms with E-state index in [-0.39, 0.29) is 82.2 Å². The van der Waals surface area contributed by atoms with Crippen LogP contribution in [0.5, 0.6) is 0 Å². The van der Waals surface area contributed by atoms with Crippen LogP contribution in [0.15, 0.2) is 189 Å². The molecule has 123 heavy (non-hydrogen) atoms. The third kappa shape index (κ3) is 26.2. The topological polar surface area (TPSA) is 453 Å². The molecule has 0 bridgehead atoms. The lowest BCUT2D eigenvalue weighted by Crippen LogP contribution is -2.62. The zero-order chi connectivity index (χ0) is 89.6. The predicted molar refractivity (Wildman–Crippen MR) is 478 cm³/mol. The average molecular weight is 1720 g/mol. The highest BCUT2D eigenvalue weighted by Gasteiger charge is 2.55. The molecular weight excluding hydrogens is 1600 g/mol. The number of fused-ring (bicyclic) bond motifs is 6. The third-order valence-corrected chi connectivity index (χ3v) is 20.0. The lowest BCUT2D eigenvalue weighted by atomic mass is 9.80. The number of hydrogen-bond donors (Lipinski definition) is 12. The van der Waals surface area contributed by atoms with E-state index in [1.807, 2.05) is 147 Å². The monoisotopic (exact) mass is 1710 g/mol. The number of hydrogen-bond acceptors (Lipinski definition) is 22. The Balaban J connectivity index is 0.000000259. The van der Waals surface area contributed by atoms with E-state index >= 15 is 0 Å². The Labute approximate surface area is 722 Å². The van der Waals surface area contributed by atoms with Crippen LogP contribution in [0.2, 0.25) is 0 Å². The van der Waals surface area contributed by atoms with Gasteiger partial charge in [0.2, 0.25) is 29.9 Å². The van der Waals surface area contributed by atoms with Crippen LogP contribution in [0.3, 0.4) is 0 Å². The molecule has 0 radical (unpaired) electrons. The molecule has 662 valence electrons. The van der Waals surface area contributed by atoms with Crippen molar-refractivity contribution in [3.8, 4) is 0 Å². The predicted octanol–water partition coefficient (Wildman–Crippen LogP) is 13.3. The molecule has 0 aliphatic rings. The van der Waals surface area contributed by atoms with Gasteiger partial charge < -0.3 is 101 Å². The highest BCUT2D eigenvalue weighted by atomic mass is 35.5. The van der Waals surface area contributed by atoms with E-state index in [4.69, 9.17) is 45.6 Å². The molecule has 0 spiro atoms. The molecule has 6 aromatic carbocycles. The van der Waals surface area contributed by atoms with E-state index in [0.29, 0.717) is 37.3 Å². The number of carbonyl (C=O) groups is 10. The number of benzene rings is 6. The zero-order valence-electron chi connectivity index (χ0n) is 72.4. The number of nitrogens with two attached hydrogens (primary N) is 3. The van der Waals surface area contributed by atoms with Crippen molar-refractivity contribution in [3.63, 3.8) is 0 Å². The summed E-state index contributed by atoms with van der Waals surface area (Å²) >= 11 is 0. The molecule has 0 fully saturated rings. The Morgan fingerprint density at radius 2 is 0.667 bits per heavy atom. The minimum atomic E-state index is -1.96. The Morgan fingerprint density at radius 3 is 1.01 bits per heavy atom. The van der Waals surface area contributed by atoms with Gasteiger partial charge in [-0.2, -0.15) is 0 Å². The van der Waals surface area contributed by atoms with Crippen molar-refractivity contribution in [2.75, 3.05) is 52.9 Å². The smallest absolute Gasteiger partial charge is 0.344 e. The molecule has 15 N–H and O–H groups in total. The van der Waals surface area contributed by atoms with Crippen LogP contribution >= 0.6 is 12.4 Å². The van der Waals surface area contributed by atoms with Crippen molar-refractivity contribution in [3.05, 3.63) is 217 Å². The molecule has 7 atom stereocenters. The van der Waals surface area contributed by atoms with E-state index in [1.165, 1.54) is 27.4 Å². The van der Waals surface area contributed by atoms with Crippen LogP contribution in [0, 0.1) is 0 Å². The summed E-state index contributed by atoms with van der Waals surface area (Å²) in [5, 5.41) is 14.5. The molecule has 12 aromatic rings. The summed E-state index contributed by atoms with van der Waals surface area (Å²) in [6.45, 7) is 28.6. The van der Waals surface area contributed by atoms with Gasteiger partial charge in [0.1, 0.15) is 12.1 Å². The van der Waals surface area contributed by atoms with Crippen LogP contribution in [-0.2, 0) is 85.8 Å². The number of halogens is 1. The lowest BCUT2D eigenvalue weighted by Gasteiger charge is -2.33. The van der Waals surface area contributed by atoms with Crippen molar-refractivity contribution >= 4 is 138 Å². The number of carbonyl (C=O) groups excluding carboxylic acids is 10. The first-order valence-electron chi connectivity index (χ1n) is 40.7. The van der Waals surface area contributed by atoms with Gasteiger partial charge in [0.15, 0.2) is 0 Å². The first-order valence-corrected chi connectivity index (χ1v) is 40.7. The van der Waals surface area contributed by atoms with Gasteiger partial charge in [0, 0.05) is 133 Å². The second kappa shape index (κ2) is 50.6.